The molecule has 0 aliphatic rings. The first-order valence-electron chi connectivity index (χ1n) is 5.38. The molecule has 3 N–H and O–H groups in total. The first-order valence-corrected chi connectivity index (χ1v) is 5.38. The molecule has 2 aromatic rings. The van der Waals surface area contributed by atoms with Crippen LogP contribution in [0.1, 0.15) is 16.1 Å². The zero-order valence-corrected chi connectivity index (χ0v) is 9.87. The molecule has 92 valence electrons. The summed E-state index contributed by atoms with van der Waals surface area (Å²) in [4.78, 5) is 12.0. The maximum Gasteiger partial charge on any atom is 0.436 e. The fourth-order valence-corrected chi connectivity index (χ4v) is 1.61. The van der Waals surface area contributed by atoms with Gasteiger partial charge in [0, 0.05) is 12.1 Å². The smallest absolute Gasteiger partial charge is 0.284 e. The number of hydrogen-bond acceptors (Lipinski definition) is 4. The molecular formula is C12H10N6O+2. The largest absolute Gasteiger partial charge is 0.436 e. The van der Waals surface area contributed by atoms with Crippen molar-refractivity contribution in [1.82, 2.24) is 5.10 Å². The van der Waals surface area contributed by atoms with E-state index in [2.05, 4.69) is 5.10 Å². The number of pyridine rings is 1. The number of nitriles is 2. The molecule has 0 radical (unpaired) electrons. The molecule has 0 atom stereocenters. The fraction of sp³-hybridized carbons (Fsp3) is 0.0833. The minimum absolute atomic E-state index is 0.0471. The van der Waals surface area contributed by atoms with Gasteiger partial charge >= 0.3 is 11.7 Å². The number of anilines is 1. The molecule has 7 nitrogen and oxygen atoms in total. The second-order valence-electron chi connectivity index (χ2n) is 3.73. The van der Waals surface area contributed by atoms with Gasteiger partial charge in [-0.2, -0.15) is 10.5 Å². The lowest BCUT2D eigenvalue weighted by Gasteiger charge is -1.93. The molecule has 0 saturated heterocycles. The molecule has 0 amide bonds. The molecule has 0 aliphatic heterocycles. The quantitative estimate of drug-likeness (QED) is 0.686. The van der Waals surface area contributed by atoms with Crippen LogP contribution in [-0.4, -0.2) is 11.0 Å². The normalized spacial score (nSPS) is 9.58. The number of hydrogen-bond donors (Lipinski definition) is 2. The van der Waals surface area contributed by atoms with Crippen molar-refractivity contribution in [1.29, 1.82) is 10.5 Å². The van der Waals surface area contributed by atoms with Gasteiger partial charge in [-0.3, -0.25) is 5.73 Å². The molecule has 7 heteroatoms. The van der Waals surface area contributed by atoms with Crippen LogP contribution >= 0.6 is 0 Å². The number of nitrogens with two attached hydrogens (primary N) is 1. The molecule has 19 heavy (non-hydrogen) atoms. The number of aromatic amines is 1. The number of H-pyrrole nitrogens is 1. The Balaban J connectivity index is 2.31. The second-order valence-corrected chi connectivity index (χ2v) is 3.73. The summed E-state index contributed by atoms with van der Waals surface area (Å²) in [5.41, 5.74) is 5.81. The van der Waals surface area contributed by atoms with E-state index in [1.807, 2.05) is 12.1 Å². The van der Waals surface area contributed by atoms with Crippen molar-refractivity contribution < 1.29 is 14.0 Å². The van der Waals surface area contributed by atoms with Gasteiger partial charge in [0.1, 0.15) is 12.1 Å². The van der Waals surface area contributed by atoms with Crippen molar-refractivity contribution in [3.8, 4) is 12.1 Å². The lowest BCUT2D eigenvalue weighted by atomic mass is 10.3. The molecule has 2 aromatic heterocycles. The Bertz CT molecular complexity index is 704. The van der Waals surface area contributed by atoms with E-state index in [1.165, 1.54) is 9.25 Å². The molecule has 0 saturated carbocycles. The number of rotatable bonds is 2. The third kappa shape index (κ3) is 2.26. The lowest BCUT2D eigenvalue weighted by molar-refractivity contribution is -0.739. The summed E-state index contributed by atoms with van der Waals surface area (Å²) in [6.07, 6.45) is 3.22. The van der Waals surface area contributed by atoms with E-state index < -0.39 is 0 Å². The monoisotopic (exact) mass is 254 g/mol. The van der Waals surface area contributed by atoms with Gasteiger partial charge in [0.2, 0.25) is 6.54 Å². The number of carbonyl (C=O) groups excluding carboxylic acids is 1. The molecule has 0 unspecified atom stereocenters. The SMILES string of the molecule is N#Cc1[nH][n+](CC(=O)[n+]2ccccc2)c(N)c1C#N. The van der Waals surface area contributed by atoms with Crippen molar-refractivity contribution in [3.63, 3.8) is 0 Å². The van der Waals surface area contributed by atoms with Gasteiger partial charge in [0.25, 0.3) is 0 Å². The first-order chi connectivity index (χ1) is 9.17. The summed E-state index contributed by atoms with van der Waals surface area (Å²) >= 11 is 0. The van der Waals surface area contributed by atoms with Crippen LogP contribution in [0.25, 0.3) is 0 Å². The summed E-state index contributed by atoms with van der Waals surface area (Å²) < 4.78 is 2.67. The van der Waals surface area contributed by atoms with Gasteiger partial charge < -0.3 is 0 Å². The van der Waals surface area contributed by atoms with E-state index in [-0.39, 0.29) is 29.5 Å². The van der Waals surface area contributed by atoms with Crippen LogP contribution in [0.15, 0.2) is 30.6 Å². The van der Waals surface area contributed by atoms with Gasteiger partial charge in [-0.05, 0) is 0 Å². The topological polar surface area (TPSA) is 114 Å². The van der Waals surface area contributed by atoms with E-state index >= 15 is 0 Å². The summed E-state index contributed by atoms with van der Waals surface area (Å²) in [6.45, 7) is -0.0864. The molecule has 0 aromatic carbocycles. The Morgan fingerprint density at radius 1 is 1.26 bits per heavy atom. The Hall–Kier alpha value is -3.19. The first kappa shape index (κ1) is 12.3. The maximum atomic E-state index is 12.0. The lowest BCUT2D eigenvalue weighted by Crippen LogP contribution is -2.52. The van der Waals surface area contributed by atoms with E-state index in [1.54, 1.807) is 30.6 Å². The molecule has 2 heterocycles. The van der Waals surface area contributed by atoms with Crippen molar-refractivity contribution in [2.75, 3.05) is 5.73 Å². The molecule has 0 fully saturated rings. The van der Waals surface area contributed by atoms with Gasteiger partial charge in [-0.15, -0.1) is 9.25 Å². The second kappa shape index (κ2) is 4.98. The summed E-state index contributed by atoms with van der Waals surface area (Å²) in [7, 11) is 0. The van der Waals surface area contributed by atoms with Crippen LogP contribution < -0.4 is 15.0 Å². The number of nitrogens with zero attached hydrogens (tertiary/aromatic N) is 4. The maximum absolute atomic E-state index is 12.0. The van der Waals surface area contributed by atoms with E-state index in [4.69, 9.17) is 16.3 Å². The van der Waals surface area contributed by atoms with Gasteiger partial charge in [0.15, 0.2) is 23.7 Å². The van der Waals surface area contributed by atoms with Crippen LogP contribution in [0.4, 0.5) is 5.82 Å². The van der Waals surface area contributed by atoms with Crippen molar-refractivity contribution in [2.24, 2.45) is 0 Å². The van der Waals surface area contributed by atoms with E-state index in [0.717, 1.165) is 0 Å². The Labute approximate surface area is 108 Å². The number of carbonyl (C=O) groups is 1. The molecule has 0 spiro atoms. The highest BCUT2D eigenvalue weighted by atomic mass is 16.2. The van der Waals surface area contributed by atoms with Crippen LogP contribution in [0.2, 0.25) is 0 Å². The summed E-state index contributed by atoms with van der Waals surface area (Å²) in [6, 6.07) is 8.90. The van der Waals surface area contributed by atoms with Crippen LogP contribution in [0.3, 0.4) is 0 Å². The zero-order valence-electron chi connectivity index (χ0n) is 9.87. The van der Waals surface area contributed by atoms with Gasteiger partial charge in [-0.1, -0.05) is 6.07 Å². The highest BCUT2D eigenvalue weighted by molar-refractivity contribution is 5.65. The highest BCUT2D eigenvalue weighted by Gasteiger charge is 2.25. The third-order valence-corrected chi connectivity index (χ3v) is 2.56. The minimum atomic E-state index is -0.243. The molecular weight excluding hydrogens is 244 g/mol. The average Bonchev–Trinajstić information content (AvgIpc) is 2.75. The van der Waals surface area contributed by atoms with Crippen LogP contribution in [0, 0.1) is 22.7 Å². The zero-order chi connectivity index (χ0) is 13.8. The van der Waals surface area contributed by atoms with Gasteiger partial charge in [0.05, 0.1) is 0 Å². The summed E-state index contributed by atoms with van der Waals surface area (Å²) in [5, 5.41) is 20.4. The third-order valence-electron chi connectivity index (χ3n) is 2.56. The number of nitrogen functional groups attached to an aromatic ring is 1. The Morgan fingerprint density at radius 3 is 2.47 bits per heavy atom. The van der Waals surface area contributed by atoms with Crippen molar-refractivity contribution in [3.05, 3.63) is 41.9 Å². The summed E-state index contributed by atoms with van der Waals surface area (Å²) in [5.74, 6) is -0.170. The average molecular weight is 254 g/mol. The standard InChI is InChI=1S/C12H9N6O/c13-6-9-10(7-14)16-18(12(9)15)8-11(19)17-4-2-1-3-5-17/h1-5H,8H2,(H2,15,16)/q+1/p+1. The Morgan fingerprint density at radius 2 is 1.95 bits per heavy atom. The number of aromatic nitrogens is 3. The van der Waals surface area contributed by atoms with Gasteiger partial charge in [-0.25, -0.2) is 9.89 Å². The van der Waals surface area contributed by atoms with E-state index in [0.29, 0.717) is 0 Å². The fourth-order valence-electron chi connectivity index (χ4n) is 1.61. The number of nitrogens with one attached hydrogen (secondary N) is 1. The minimum Gasteiger partial charge on any atom is -0.284 e. The molecule has 0 aliphatic carbocycles. The molecule has 2 rings (SSSR count). The Kier molecular flexibility index (Phi) is 3.22. The van der Waals surface area contributed by atoms with E-state index in [9.17, 15) is 4.79 Å². The van der Waals surface area contributed by atoms with Crippen molar-refractivity contribution >= 4 is 11.7 Å². The highest BCUT2D eigenvalue weighted by Crippen LogP contribution is 2.08. The predicted molar refractivity (Wildman–Crippen MR) is 62.1 cm³/mol. The van der Waals surface area contributed by atoms with Crippen LogP contribution in [-0.2, 0) is 6.54 Å². The van der Waals surface area contributed by atoms with Crippen molar-refractivity contribution in [2.45, 2.75) is 6.54 Å². The van der Waals surface area contributed by atoms with Crippen LogP contribution in [0.5, 0.6) is 0 Å². The predicted octanol–water partition coefficient (Wildman–Crippen LogP) is -0.744. The molecule has 0 bridgehead atoms.